The second-order valence-corrected chi connectivity index (χ2v) is 1.000. The fourth-order valence-electron chi connectivity index (χ4n) is 0. The summed E-state index contributed by atoms with van der Waals surface area (Å²) in [6.07, 6.45) is 2.64. The molecule has 0 unspecified atom stereocenters. The predicted octanol–water partition coefficient (Wildman–Crippen LogP) is 0.272. The molecule has 0 aromatic rings. The maximum atomic E-state index is 8.28. The molecule has 0 bridgehead atoms. The number of unbranched alkanes of at least 4 members (excludes halogenated alkanes) is 1. The Balaban J connectivity index is -0.0000000542. The Morgan fingerprint density at radius 1 is 0.875 bits per heavy atom. The van der Waals surface area contributed by atoms with Gasteiger partial charge in [-0.2, -0.15) is 0 Å². The fourth-order valence-corrected chi connectivity index (χ4v) is 0. The van der Waals surface area contributed by atoms with Gasteiger partial charge in [-0.1, -0.05) is 26.7 Å². The summed E-state index contributed by atoms with van der Waals surface area (Å²) in [4.78, 5) is 0. The first kappa shape index (κ1) is 15.9. The van der Waals surface area contributed by atoms with Crippen LogP contribution in [0.1, 0.15) is 26.7 Å². The third kappa shape index (κ3) is 77.2. The first-order valence-electron chi connectivity index (χ1n) is 2.49. The molecule has 0 N–H and O–H groups in total. The van der Waals surface area contributed by atoms with Gasteiger partial charge in [0.1, 0.15) is 0 Å². The van der Waals surface area contributed by atoms with Gasteiger partial charge in [0, 0.05) is 0 Å². The standard InChI is InChI=1S/C4H10.2Al.2O.2H/c1-3-4-2;;;;;;/h3-4H2,1-2H3;;;;;;. The van der Waals surface area contributed by atoms with E-state index in [2.05, 4.69) is 13.8 Å². The SMILES string of the molecule is CCCC.[O]=[AlH].[O]=[AlH]. The van der Waals surface area contributed by atoms with Crippen molar-refractivity contribution in [2.45, 2.75) is 26.7 Å². The Hall–Kier alpha value is 0.665. The molecule has 0 atom stereocenters. The van der Waals surface area contributed by atoms with Gasteiger partial charge in [-0.25, -0.2) is 0 Å². The molecule has 0 radical (unpaired) electrons. The Morgan fingerprint density at radius 3 is 1.00 bits per heavy atom. The number of rotatable bonds is 1. The molecule has 4 heteroatoms. The van der Waals surface area contributed by atoms with E-state index in [1.54, 1.807) is 0 Å². The van der Waals surface area contributed by atoms with Crippen LogP contribution in [0.5, 0.6) is 0 Å². The van der Waals surface area contributed by atoms with Crippen molar-refractivity contribution in [1.82, 2.24) is 0 Å². The molecule has 0 saturated heterocycles. The molecule has 0 spiro atoms. The second-order valence-electron chi connectivity index (χ2n) is 1.000. The van der Waals surface area contributed by atoms with E-state index in [9.17, 15) is 0 Å². The summed E-state index contributed by atoms with van der Waals surface area (Å²) in [7, 11) is 0. The van der Waals surface area contributed by atoms with Crippen molar-refractivity contribution >= 4 is 32.4 Å². The van der Waals surface area contributed by atoms with E-state index in [4.69, 9.17) is 7.61 Å². The van der Waals surface area contributed by atoms with Gasteiger partial charge in [-0.05, 0) is 0 Å². The Bertz CT molecular complexity index is 24.0. The Labute approximate surface area is 66.9 Å². The van der Waals surface area contributed by atoms with Crippen molar-refractivity contribution in [2.75, 3.05) is 0 Å². The van der Waals surface area contributed by atoms with Gasteiger partial charge in [0.2, 0.25) is 0 Å². The van der Waals surface area contributed by atoms with Crippen LogP contribution in [-0.4, -0.2) is 32.4 Å². The Kier molecular flexibility index (Phi) is 95.1. The molecule has 0 heterocycles. The zero-order chi connectivity index (χ0) is 7.41. The van der Waals surface area contributed by atoms with Gasteiger partial charge in [0.25, 0.3) is 0 Å². The predicted molar refractivity (Wildman–Crippen MR) is 36.3 cm³/mol. The fraction of sp³-hybridized carbons (Fsp3) is 1.00. The van der Waals surface area contributed by atoms with E-state index >= 15 is 0 Å². The average Bonchev–Trinajstić information content (AvgIpc) is 1.96. The van der Waals surface area contributed by atoms with Crippen LogP contribution >= 0.6 is 0 Å². The van der Waals surface area contributed by atoms with E-state index < -0.39 is 0 Å². The van der Waals surface area contributed by atoms with Crippen LogP contribution in [0.15, 0.2) is 0 Å². The third-order valence-electron chi connectivity index (χ3n) is 0.500. The molecule has 0 aromatic heterocycles. The van der Waals surface area contributed by atoms with Gasteiger partial charge in [0.05, 0.1) is 0 Å². The summed E-state index contributed by atoms with van der Waals surface area (Å²) >= 11 is 1.22. The summed E-state index contributed by atoms with van der Waals surface area (Å²) in [6.45, 7) is 4.36. The summed E-state index contributed by atoms with van der Waals surface area (Å²) in [5, 5.41) is 0. The van der Waals surface area contributed by atoms with Gasteiger partial charge < -0.3 is 0 Å². The average molecular weight is 146 g/mol. The van der Waals surface area contributed by atoms with E-state index in [1.807, 2.05) is 0 Å². The molecule has 0 aliphatic carbocycles. The molecule has 2 nitrogen and oxygen atoms in total. The zero-order valence-corrected chi connectivity index (χ0v) is 8.47. The van der Waals surface area contributed by atoms with Gasteiger partial charge in [0.15, 0.2) is 0 Å². The first-order chi connectivity index (χ1) is 3.91. The van der Waals surface area contributed by atoms with Crippen molar-refractivity contribution in [2.24, 2.45) is 0 Å². The van der Waals surface area contributed by atoms with Gasteiger partial charge >= 0.3 is 40.1 Å². The summed E-state index contributed by atoms with van der Waals surface area (Å²) in [5.41, 5.74) is 0. The van der Waals surface area contributed by atoms with Crippen molar-refractivity contribution in [3.05, 3.63) is 0 Å². The molecule has 46 valence electrons. The van der Waals surface area contributed by atoms with Crippen LogP contribution in [0.4, 0.5) is 0 Å². The normalized spacial score (nSPS) is 4.50. The summed E-state index contributed by atoms with van der Waals surface area (Å²) < 4.78 is 16.6. The van der Waals surface area contributed by atoms with Crippen molar-refractivity contribution < 1.29 is 7.61 Å². The van der Waals surface area contributed by atoms with Crippen LogP contribution in [0.3, 0.4) is 0 Å². The number of hydrogen-bond acceptors (Lipinski definition) is 2. The first-order valence-corrected chi connectivity index (χ1v) is 3.65. The van der Waals surface area contributed by atoms with Crippen LogP contribution in [0, 0.1) is 0 Å². The molecule has 0 amide bonds. The van der Waals surface area contributed by atoms with Crippen LogP contribution in [0.2, 0.25) is 0 Å². The van der Waals surface area contributed by atoms with Crippen LogP contribution < -0.4 is 0 Å². The van der Waals surface area contributed by atoms with E-state index in [0.29, 0.717) is 32.4 Å². The summed E-state index contributed by atoms with van der Waals surface area (Å²) in [5.74, 6) is 0. The molecular weight excluding hydrogens is 134 g/mol. The molecule has 0 aromatic carbocycles. The van der Waals surface area contributed by atoms with Crippen LogP contribution in [-0.2, 0) is 7.61 Å². The van der Waals surface area contributed by atoms with Gasteiger partial charge in [-0.15, -0.1) is 0 Å². The molecule has 8 heavy (non-hydrogen) atoms. The van der Waals surface area contributed by atoms with E-state index in [-0.39, 0.29) is 0 Å². The van der Waals surface area contributed by atoms with Crippen molar-refractivity contribution in [3.8, 4) is 0 Å². The monoisotopic (exact) mass is 146 g/mol. The topological polar surface area (TPSA) is 34.1 Å². The molecule has 0 saturated carbocycles. The Morgan fingerprint density at radius 2 is 1.00 bits per heavy atom. The van der Waals surface area contributed by atoms with E-state index in [0.717, 1.165) is 0 Å². The quantitative estimate of drug-likeness (QED) is 0.497. The van der Waals surface area contributed by atoms with Crippen molar-refractivity contribution in [3.63, 3.8) is 0 Å². The second kappa shape index (κ2) is 47.9. The molecule has 0 rings (SSSR count). The minimum atomic E-state index is 0.611. The molecular formula is C4H12Al2O2. The molecule has 0 aliphatic heterocycles. The third-order valence-corrected chi connectivity index (χ3v) is 0.500. The van der Waals surface area contributed by atoms with Crippen LogP contribution in [0.25, 0.3) is 0 Å². The molecule has 0 aliphatic rings. The minimum absolute atomic E-state index is 0.611. The van der Waals surface area contributed by atoms with E-state index in [1.165, 1.54) is 12.8 Å². The summed E-state index contributed by atoms with van der Waals surface area (Å²) in [6, 6.07) is 0. The van der Waals surface area contributed by atoms with Crippen molar-refractivity contribution in [1.29, 1.82) is 0 Å². The number of hydrogen-bond donors (Lipinski definition) is 0. The molecule has 0 fully saturated rings. The maximum absolute atomic E-state index is 8.28. The van der Waals surface area contributed by atoms with Gasteiger partial charge in [-0.3, -0.25) is 0 Å². The zero-order valence-electron chi connectivity index (χ0n) is 5.64.